The van der Waals surface area contributed by atoms with Crippen LogP contribution in [0.2, 0.25) is 0 Å². The lowest BCUT2D eigenvalue weighted by Crippen LogP contribution is -2.16. The van der Waals surface area contributed by atoms with E-state index in [-0.39, 0.29) is 0 Å². The van der Waals surface area contributed by atoms with Crippen LogP contribution in [0.4, 0.5) is 0 Å². The molecule has 0 radical (unpaired) electrons. The van der Waals surface area contributed by atoms with Gasteiger partial charge in [0, 0.05) is 0 Å². The standard InChI is InChI=1S/C14H30IN/c1-2-3-4-5-7-10-13-16-14-11-8-6-9-12-15/h16H,2-14H2,1H3. The molecular formula is C14H30IN. The van der Waals surface area contributed by atoms with Crippen LogP contribution in [-0.2, 0) is 0 Å². The molecule has 0 aliphatic carbocycles. The van der Waals surface area contributed by atoms with Crippen molar-refractivity contribution < 1.29 is 0 Å². The normalized spacial score (nSPS) is 10.9. The van der Waals surface area contributed by atoms with Gasteiger partial charge in [-0.3, -0.25) is 0 Å². The second kappa shape index (κ2) is 15.7. The molecule has 2 heteroatoms. The first-order chi connectivity index (χ1) is 7.91. The zero-order chi connectivity index (χ0) is 11.9. The highest BCUT2D eigenvalue weighted by Gasteiger charge is 1.91. The average molecular weight is 339 g/mol. The van der Waals surface area contributed by atoms with Crippen molar-refractivity contribution in [2.24, 2.45) is 0 Å². The van der Waals surface area contributed by atoms with Crippen LogP contribution in [0.25, 0.3) is 0 Å². The van der Waals surface area contributed by atoms with Gasteiger partial charge in [-0.15, -0.1) is 0 Å². The lowest BCUT2D eigenvalue weighted by Gasteiger charge is -2.04. The molecule has 0 heterocycles. The summed E-state index contributed by atoms with van der Waals surface area (Å²) in [7, 11) is 0. The van der Waals surface area contributed by atoms with Crippen molar-refractivity contribution >= 4 is 22.6 Å². The molecule has 1 nitrogen and oxygen atoms in total. The van der Waals surface area contributed by atoms with Gasteiger partial charge in [0.05, 0.1) is 0 Å². The Bertz CT molecular complexity index is 103. The number of hydrogen-bond donors (Lipinski definition) is 1. The quantitative estimate of drug-likeness (QED) is 0.285. The zero-order valence-electron chi connectivity index (χ0n) is 11.1. The Kier molecular flexibility index (Phi) is 16.4. The van der Waals surface area contributed by atoms with E-state index in [1.54, 1.807) is 0 Å². The summed E-state index contributed by atoms with van der Waals surface area (Å²) in [6.07, 6.45) is 14.0. The molecule has 0 aromatic rings. The van der Waals surface area contributed by atoms with E-state index in [9.17, 15) is 0 Å². The minimum Gasteiger partial charge on any atom is -0.317 e. The molecule has 0 rings (SSSR count). The van der Waals surface area contributed by atoms with E-state index < -0.39 is 0 Å². The zero-order valence-corrected chi connectivity index (χ0v) is 13.2. The van der Waals surface area contributed by atoms with E-state index in [0.29, 0.717) is 0 Å². The second-order valence-electron chi connectivity index (χ2n) is 4.62. The third-order valence-corrected chi connectivity index (χ3v) is 3.71. The summed E-state index contributed by atoms with van der Waals surface area (Å²) in [5, 5.41) is 3.55. The Morgan fingerprint density at radius 3 is 1.75 bits per heavy atom. The first kappa shape index (κ1) is 16.7. The summed E-state index contributed by atoms with van der Waals surface area (Å²) in [6.45, 7) is 4.74. The number of nitrogens with one attached hydrogen (secondary N) is 1. The predicted molar refractivity (Wildman–Crippen MR) is 83.6 cm³/mol. The van der Waals surface area contributed by atoms with Crippen LogP contribution < -0.4 is 5.32 Å². The van der Waals surface area contributed by atoms with Gasteiger partial charge in [0.1, 0.15) is 0 Å². The molecule has 1 N–H and O–H groups in total. The molecule has 0 saturated carbocycles. The van der Waals surface area contributed by atoms with E-state index in [1.165, 1.54) is 81.7 Å². The molecule has 0 unspecified atom stereocenters. The van der Waals surface area contributed by atoms with Gasteiger partial charge in [-0.25, -0.2) is 0 Å². The van der Waals surface area contributed by atoms with Crippen LogP contribution in [0.3, 0.4) is 0 Å². The number of unbranched alkanes of at least 4 members (excludes halogenated alkanes) is 8. The molecule has 0 aliphatic rings. The SMILES string of the molecule is CCCCCCCCNCCCCCCI. The molecule has 0 saturated heterocycles. The minimum atomic E-state index is 1.23. The Hall–Kier alpha value is 0.690. The summed E-state index contributed by atoms with van der Waals surface area (Å²) in [4.78, 5) is 0. The number of alkyl halides is 1. The molecular weight excluding hydrogens is 309 g/mol. The van der Waals surface area contributed by atoms with Crippen LogP contribution in [0.1, 0.15) is 71.1 Å². The third kappa shape index (κ3) is 14.7. The van der Waals surface area contributed by atoms with Crippen LogP contribution >= 0.6 is 22.6 Å². The monoisotopic (exact) mass is 339 g/mol. The van der Waals surface area contributed by atoms with E-state index in [2.05, 4.69) is 34.8 Å². The fraction of sp³-hybridized carbons (Fsp3) is 1.00. The summed E-state index contributed by atoms with van der Waals surface area (Å²) in [5.74, 6) is 0. The fourth-order valence-electron chi connectivity index (χ4n) is 1.85. The van der Waals surface area contributed by atoms with Crippen molar-refractivity contribution in [3.8, 4) is 0 Å². The van der Waals surface area contributed by atoms with Crippen molar-refractivity contribution in [2.75, 3.05) is 17.5 Å². The minimum absolute atomic E-state index is 1.23. The van der Waals surface area contributed by atoms with Gasteiger partial charge >= 0.3 is 0 Å². The molecule has 0 aliphatic heterocycles. The molecule has 98 valence electrons. The summed E-state index contributed by atoms with van der Waals surface area (Å²) in [5.41, 5.74) is 0. The van der Waals surface area contributed by atoms with Gasteiger partial charge in [0.15, 0.2) is 0 Å². The maximum atomic E-state index is 3.55. The number of halogens is 1. The Morgan fingerprint density at radius 2 is 1.19 bits per heavy atom. The van der Waals surface area contributed by atoms with Gasteiger partial charge in [-0.1, -0.05) is 74.5 Å². The smallest absolute Gasteiger partial charge is 0.000473 e. The molecule has 0 aromatic heterocycles. The largest absolute Gasteiger partial charge is 0.317 e. The maximum Gasteiger partial charge on any atom is -0.000473 e. The highest BCUT2D eigenvalue weighted by molar-refractivity contribution is 14.1. The predicted octanol–water partition coefficient (Wildman–Crippen LogP) is 4.93. The molecule has 0 amide bonds. The van der Waals surface area contributed by atoms with Gasteiger partial charge in [0.25, 0.3) is 0 Å². The topological polar surface area (TPSA) is 12.0 Å². The molecule has 0 spiro atoms. The van der Waals surface area contributed by atoms with Crippen LogP contribution in [0, 0.1) is 0 Å². The van der Waals surface area contributed by atoms with Gasteiger partial charge in [-0.05, 0) is 36.8 Å². The first-order valence-electron chi connectivity index (χ1n) is 7.18. The Labute approximate surface area is 116 Å². The lowest BCUT2D eigenvalue weighted by atomic mass is 10.1. The van der Waals surface area contributed by atoms with Crippen molar-refractivity contribution in [1.29, 1.82) is 0 Å². The van der Waals surface area contributed by atoms with Crippen LogP contribution in [0.5, 0.6) is 0 Å². The van der Waals surface area contributed by atoms with Crippen LogP contribution in [-0.4, -0.2) is 17.5 Å². The van der Waals surface area contributed by atoms with E-state index in [0.717, 1.165) is 0 Å². The lowest BCUT2D eigenvalue weighted by molar-refractivity contribution is 0.552. The second-order valence-corrected chi connectivity index (χ2v) is 5.70. The van der Waals surface area contributed by atoms with Crippen molar-refractivity contribution in [1.82, 2.24) is 5.32 Å². The molecule has 0 atom stereocenters. The molecule has 0 aromatic carbocycles. The summed E-state index contributed by atoms with van der Waals surface area (Å²) >= 11 is 2.46. The number of rotatable bonds is 13. The Morgan fingerprint density at radius 1 is 0.688 bits per heavy atom. The van der Waals surface area contributed by atoms with E-state index in [1.807, 2.05) is 0 Å². The van der Waals surface area contributed by atoms with Crippen molar-refractivity contribution in [2.45, 2.75) is 71.1 Å². The molecule has 0 bridgehead atoms. The average Bonchev–Trinajstić information content (AvgIpc) is 2.31. The van der Waals surface area contributed by atoms with E-state index in [4.69, 9.17) is 0 Å². The van der Waals surface area contributed by atoms with Crippen LogP contribution in [0.15, 0.2) is 0 Å². The first-order valence-corrected chi connectivity index (χ1v) is 8.71. The van der Waals surface area contributed by atoms with Gasteiger partial charge in [-0.2, -0.15) is 0 Å². The summed E-state index contributed by atoms with van der Waals surface area (Å²) < 4.78 is 1.32. The van der Waals surface area contributed by atoms with Gasteiger partial charge in [0.2, 0.25) is 0 Å². The Balaban J connectivity index is 2.83. The summed E-state index contributed by atoms with van der Waals surface area (Å²) in [6, 6.07) is 0. The molecule has 0 fully saturated rings. The highest BCUT2D eigenvalue weighted by Crippen LogP contribution is 2.04. The van der Waals surface area contributed by atoms with E-state index >= 15 is 0 Å². The van der Waals surface area contributed by atoms with Crippen molar-refractivity contribution in [3.63, 3.8) is 0 Å². The highest BCUT2D eigenvalue weighted by atomic mass is 127. The maximum absolute atomic E-state index is 3.55. The molecule has 16 heavy (non-hydrogen) atoms. The van der Waals surface area contributed by atoms with Gasteiger partial charge < -0.3 is 5.32 Å². The third-order valence-electron chi connectivity index (χ3n) is 2.94. The fourth-order valence-corrected chi connectivity index (χ4v) is 2.39. The number of hydrogen-bond acceptors (Lipinski definition) is 1. The van der Waals surface area contributed by atoms with Crippen molar-refractivity contribution in [3.05, 3.63) is 0 Å².